The number of H-pyrrole nitrogens is 2. The molecule has 15 rings (SSSR count). The zero-order valence-electron chi connectivity index (χ0n) is 67.4. The maximum absolute atomic E-state index is 14.2. The molecule has 3 fully saturated rings. The van der Waals surface area contributed by atoms with Crippen molar-refractivity contribution in [2.24, 2.45) is 19.1 Å². The molecule has 0 aliphatic carbocycles. The third kappa shape index (κ3) is 20.1. The fourth-order valence-corrected chi connectivity index (χ4v) is 15.2. The smallest absolute Gasteiger partial charge is 0.416 e. The van der Waals surface area contributed by atoms with Gasteiger partial charge in [0, 0.05) is 142 Å². The number of aliphatic imine (C=N–C) groups is 1. The highest BCUT2D eigenvalue weighted by Gasteiger charge is 2.49. The molecule has 4 aromatic heterocycles. The summed E-state index contributed by atoms with van der Waals surface area (Å²) in [5.74, 6) is 0.579. The van der Waals surface area contributed by atoms with Crippen LogP contribution >= 0.6 is 0 Å². The molecule has 5 aliphatic heterocycles. The van der Waals surface area contributed by atoms with E-state index < -0.39 is 31.1 Å². The molecule has 6 aromatic carbocycles. The largest absolute Gasteiger partial charge is 0.554 e. The quantitative estimate of drug-likeness (QED) is 0.00999. The Bertz CT molecular complexity index is 5650. The Morgan fingerprint density at radius 1 is 0.642 bits per heavy atom. The lowest BCUT2D eigenvalue weighted by Gasteiger charge is -2.38. The Balaban J connectivity index is 0.000000211. The minimum atomic E-state index is -0.934. The molecule has 4 atom stereocenters. The summed E-state index contributed by atoms with van der Waals surface area (Å²) < 4.78 is 38.6. The number of aromatic nitrogens is 6. The van der Waals surface area contributed by atoms with Crippen molar-refractivity contribution >= 4 is 110 Å². The van der Waals surface area contributed by atoms with Gasteiger partial charge < -0.3 is 83.6 Å². The molecule has 0 saturated carbocycles. The Morgan fingerprint density at radius 3 is 1.76 bits per heavy atom. The second-order valence-corrected chi connectivity index (χ2v) is 30.2. The summed E-state index contributed by atoms with van der Waals surface area (Å²) in [6.07, 6.45) is 11.0. The number of nitrogens with zero attached hydrogens (tertiary/aromatic N) is 8. The second kappa shape index (κ2) is 38.2. The van der Waals surface area contributed by atoms with Crippen molar-refractivity contribution in [3.8, 4) is 34.0 Å². The molecule has 120 heavy (non-hydrogen) atoms. The predicted molar refractivity (Wildman–Crippen MR) is 450 cm³/mol. The van der Waals surface area contributed by atoms with Crippen LogP contribution in [0.1, 0.15) is 128 Å². The van der Waals surface area contributed by atoms with E-state index >= 15 is 0 Å². The molecular formula is C91H95N13O16. The summed E-state index contributed by atoms with van der Waals surface area (Å²) in [6, 6.07) is 37.9. The maximum Gasteiger partial charge on any atom is 0.416 e. The third-order valence-corrected chi connectivity index (χ3v) is 21.1. The van der Waals surface area contributed by atoms with Gasteiger partial charge in [-0.3, -0.25) is 38.6 Å². The van der Waals surface area contributed by atoms with Crippen LogP contribution < -0.4 is 35.8 Å². The minimum absolute atomic E-state index is 0.0498. The average Bonchev–Trinajstić information content (AvgIpc) is 1.58. The van der Waals surface area contributed by atoms with Crippen molar-refractivity contribution in [3.05, 3.63) is 234 Å². The lowest BCUT2D eigenvalue weighted by molar-refractivity contribution is -0.283. The zero-order chi connectivity index (χ0) is 84.8. The summed E-state index contributed by atoms with van der Waals surface area (Å²) >= 11 is 0. The first-order valence-electron chi connectivity index (χ1n) is 39.6. The number of carboxylic acid groups (broad SMARTS) is 1. The number of anilines is 3. The van der Waals surface area contributed by atoms with Crippen LogP contribution in [0.4, 0.5) is 33.5 Å². The van der Waals surface area contributed by atoms with Crippen LogP contribution in [-0.4, -0.2) is 170 Å². The van der Waals surface area contributed by atoms with Gasteiger partial charge in [0.25, 0.3) is 11.8 Å². The molecular weight excluding hydrogens is 1530 g/mol. The Labute approximate surface area is 692 Å². The van der Waals surface area contributed by atoms with Crippen molar-refractivity contribution in [2.75, 3.05) is 61.7 Å². The first-order valence-corrected chi connectivity index (χ1v) is 39.6. The summed E-state index contributed by atoms with van der Waals surface area (Å²) in [5, 5.41) is 15.9. The third-order valence-electron chi connectivity index (χ3n) is 21.1. The number of benzene rings is 6. The van der Waals surface area contributed by atoms with Crippen molar-refractivity contribution in [2.45, 2.75) is 115 Å². The van der Waals surface area contributed by atoms with Crippen molar-refractivity contribution in [1.29, 1.82) is 0 Å². The lowest BCUT2D eigenvalue weighted by Crippen LogP contribution is -2.54. The summed E-state index contributed by atoms with van der Waals surface area (Å²) in [4.78, 5) is 139. The molecule has 0 radical (unpaired) electrons. The molecule has 5 amide bonds. The fraction of sp³-hybridized carbons (Fsp3) is 0.297. The number of Topliss-reactive ketones (excluding diaryl/α,β-unsaturated/α-hetero) is 2. The number of ketones is 2. The van der Waals surface area contributed by atoms with Gasteiger partial charge in [-0.25, -0.2) is 19.7 Å². The Morgan fingerprint density at radius 2 is 1.18 bits per heavy atom. The van der Waals surface area contributed by atoms with Gasteiger partial charge in [0.1, 0.15) is 30.4 Å². The number of hydrogen-bond acceptors (Lipinski definition) is 19. The number of esters is 1. The predicted octanol–water partition coefficient (Wildman–Crippen LogP) is 12.0. The first-order chi connectivity index (χ1) is 57.9. The molecule has 0 spiro atoms. The number of amides is 5. The topological polar surface area (TPSA) is 373 Å². The van der Waals surface area contributed by atoms with Gasteiger partial charge in [0.2, 0.25) is 23.4 Å². The highest BCUT2D eigenvalue weighted by atomic mass is 16.7. The number of imidazole rings is 2. The van der Waals surface area contributed by atoms with E-state index in [1.165, 1.54) is 17.1 Å². The molecule has 29 nitrogen and oxygen atoms in total. The van der Waals surface area contributed by atoms with Crippen LogP contribution in [0.3, 0.4) is 0 Å². The van der Waals surface area contributed by atoms with E-state index in [0.717, 1.165) is 103 Å². The summed E-state index contributed by atoms with van der Waals surface area (Å²) in [5.41, 5.74) is 18.4. The molecule has 2 unspecified atom stereocenters. The average molecular weight is 1630 g/mol. The molecule has 0 bridgehead atoms. The van der Waals surface area contributed by atoms with Crippen LogP contribution in [0.5, 0.6) is 11.5 Å². The van der Waals surface area contributed by atoms with Crippen LogP contribution in [0.15, 0.2) is 188 Å². The van der Waals surface area contributed by atoms with E-state index in [4.69, 9.17) is 38.3 Å². The number of carbonyl (C=O) groups excluding carboxylic acids is 9. The van der Waals surface area contributed by atoms with Gasteiger partial charge in [0.05, 0.1) is 54.2 Å². The van der Waals surface area contributed by atoms with Gasteiger partial charge in [-0.05, 0) is 140 Å². The van der Waals surface area contributed by atoms with E-state index in [9.17, 15) is 38.4 Å². The van der Waals surface area contributed by atoms with E-state index in [0.29, 0.717) is 91.7 Å². The first kappa shape index (κ1) is 84.3. The number of hydrogen-bond donors (Lipinski definition) is 5. The lowest BCUT2D eigenvalue weighted by atomic mass is 10.0. The zero-order valence-corrected chi connectivity index (χ0v) is 67.4. The van der Waals surface area contributed by atoms with Gasteiger partial charge in [-0.15, -0.1) is 0 Å². The SMILES string of the molecule is C=C1C[C@H]2C=Nc3cc(OCCCC(=O)Nc4cn(C)c(C(=O)Cc5ccc(-c6cc7cc([NH3+])ccc7[nH]6)cc5)n4)c(C)cc3C(=O)N2C1.C=CCOC(=O)Cc1ccc2[nH]c(-c3ccc(CC(=O)c4nc(NC(=O)CCCOc5cc6c(cc5C)C(=O)N5CC(=C)C[C@H]5C(OC5CCCCO5)N6C(=O)OCC=C)cn4C)cc3)cc2c1.O=C[O-]. The molecule has 3 saturated heterocycles. The van der Waals surface area contributed by atoms with Crippen molar-refractivity contribution in [1.82, 2.24) is 38.9 Å². The highest BCUT2D eigenvalue weighted by molar-refractivity contribution is 6.07. The maximum atomic E-state index is 14.2. The van der Waals surface area contributed by atoms with Gasteiger partial charge in [-0.2, -0.15) is 0 Å². The number of carbonyl (C=O) groups is 9. The van der Waals surface area contributed by atoms with E-state index in [1.54, 1.807) is 63.6 Å². The van der Waals surface area contributed by atoms with Crippen LogP contribution in [0, 0.1) is 13.8 Å². The number of quaternary nitrogens is 1. The number of ether oxygens (including phenoxy) is 6. The molecule has 10 aromatic rings. The van der Waals surface area contributed by atoms with Crippen molar-refractivity contribution in [3.63, 3.8) is 0 Å². The van der Waals surface area contributed by atoms with Crippen molar-refractivity contribution < 1.29 is 82.4 Å². The van der Waals surface area contributed by atoms with E-state index in [2.05, 4.69) is 73.7 Å². The monoisotopic (exact) mass is 1630 g/mol. The fourth-order valence-electron chi connectivity index (χ4n) is 15.2. The van der Waals surface area contributed by atoms with Gasteiger partial charge in [-0.1, -0.05) is 104 Å². The van der Waals surface area contributed by atoms with Gasteiger partial charge in [0.15, 0.2) is 35.8 Å². The van der Waals surface area contributed by atoms with Crippen LogP contribution in [-0.2, 0) is 71.5 Å². The molecule has 5 aliphatic rings. The summed E-state index contributed by atoms with van der Waals surface area (Å²) in [6.45, 7) is 20.6. The van der Waals surface area contributed by atoms with Crippen LogP contribution in [0.2, 0.25) is 0 Å². The standard InChI is InChI=1S/C52H56N6O10.C38H37N7O4.CH2O2/c1-6-19-65-47(61)27-35-15-18-39-37(25-35)28-40(53-39)36-16-13-34(14-17-36)26-43(59)49-55-45(31-56(49)5)54-46(60)11-10-22-64-44-29-41-38(24-33(44)4)50(62)57-30-32(3)23-42(57)51(58(41)52(63)67-20-7-2)68-48-12-8-9-21-66-48;1-22-13-28-19-40-32-18-34(23(2)14-29(32)38(48)45(28)20-22)49-12-4-5-36(47)42-35-21-44(3)37(43-35)33(46)15-24-6-8-25(9-7-24)31-17-26-16-27(39)10-11-30(26)41-31;2-1-3/h6-7,13-18,24-25,28-29,31,42,48,51,53H,1-3,8-12,19-23,26-27,30H2,4-5H3,(H,54,60);6-11,14,16-19,21,28,41H,1,4-5,12-13,15,20,39H2,2-3H3,(H,42,47);1H,(H,2,3)/t42-,48?,51?;28-;/m00./s1. The number of rotatable bonds is 28. The second-order valence-electron chi connectivity index (χ2n) is 30.2. The number of fused-ring (bicyclic) bond motifs is 6. The molecule has 29 heteroatoms. The summed E-state index contributed by atoms with van der Waals surface area (Å²) in [7, 11) is 3.44. The van der Waals surface area contributed by atoms with E-state index in [-0.39, 0.29) is 122 Å². The highest BCUT2D eigenvalue weighted by Crippen LogP contribution is 2.42. The van der Waals surface area contributed by atoms with Crippen LogP contribution in [0.25, 0.3) is 44.3 Å². The Hall–Kier alpha value is -13.6. The minimum Gasteiger partial charge on any atom is -0.554 e. The normalized spacial score (nSPS) is 16.5. The number of nitrogens with one attached hydrogen (secondary N) is 4. The van der Waals surface area contributed by atoms with Gasteiger partial charge >= 0.3 is 12.1 Å². The molecule has 620 valence electrons. The van der Waals surface area contributed by atoms with E-state index in [1.807, 2.05) is 117 Å². The number of aromatic amines is 2. The molecule has 9 heterocycles. The Kier molecular flexibility index (Phi) is 26.8. The number of aryl methyl sites for hydroxylation is 4. The molecule has 7 N–H and O–H groups in total.